The van der Waals surface area contributed by atoms with Gasteiger partial charge in [0.2, 0.25) is 0 Å². The first-order valence-electron chi connectivity index (χ1n) is 11.1. The van der Waals surface area contributed by atoms with Gasteiger partial charge in [-0.2, -0.15) is 0 Å². The molecular formula is C25H35IN6O. The molecule has 0 aliphatic carbocycles. The standard InChI is InChI=1S/C25H34N6O.HI/c1-6-20-7-11-22(12-8-20)18(2)28-25(27-17-24-30-29-19(3)31(24)4)26-16-15-21-9-13-23(32-5)14-10-21;/h7-14,18H,6,15-17H2,1-5H3,(H2,26,27,28);1H. The Labute approximate surface area is 214 Å². The first kappa shape index (κ1) is 26.6. The summed E-state index contributed by atoms with van der Waals surface area (Å²) in [6.07, 6.45) is 1.92. The summed E-state index contributed by atoms with van der Waals surface area (Å²) in [5, 5.41) is 15.4. The lowest BCUT2D eigenvalue weighted by Gasteiger charge is -2.19. The number of hydrogen-bond acceptors (Lipinski definition) is 4. The number of hydrogen-bond donors (Lipinski definition) is 2. The van der Waals surface area contributed by atoms with E-state index in [1.54, 1.807) is 7.11 Å². The number of guanidine groups is 1. The summed E-state index contributed by atoms with van der Waals surface area (Å²) in [6.45, 7) is 7.47. The predicted molar refractivity (Wildman–Crippen MR) is 144 cm³/mol. The van der Waals surface area contributed by atoms with Crippen LogP contribution in [0.4, 0.5) is 0 Å². The van der Waals surface area contributed by atoms with Crippen molar-refractivity contribution in [2.45, 2.75) is 46.2 Å². The van der Waals surface area contributed by atoms with Gasteiger partial charge in [-0.25, -0.2) is 4.99 Å². The van der Waals surface area contributed by atoms with Crippen LogP contribution in [0, 0.1) is 6.92 Å². The lowest BCUT2D eigenvalue weighted by atomic mass is 10.1. The van der Waals surface area contributed by atoms with Gasteiger partial charge >= 0.3 is 0 Å². The number of nitrogens with one attached hydrogen (secondary N) is 2. The topological polar surface area (TPSA) is 76.4 Å². The summed E-state index contributed by atoms with van der Waals surface area (Å²) < 4.78 is 7.20. The van der Waals surface area contributed by atoms with Crippen LogP contribution in [0.3, 0.4) is 0 Å². The fraction of sp³-hybridized carbons (Fsp3) is 0.400. The second-order valence-corrected chi connectivity index (χ2v) is 7.87. The van der Waals surface area contributed by atoms with Gasteiger partial charge in [0.05, 0.1) is 13.2 Å². The van der Waals surface area contributed by atoms with E-state index < -0.39 is 0 Å². The number of ether oxygens (including phenoxy) is 1. The molecule has 7 nitrogen and oxygen atoms in total. The minimum Gasteiger partial charge on any atom is -0.497 e. The molecule has 2 aromatic carbocycles. The summed E-state index contributed by atoms with van der Waals surface area (Å²) in [5.74, 6) is 3.33. The molecular weight excluding hydrogens is 527 g/mol. The van der Waals surface area contributed by atoms with Crippen molar-refractivity contribution in [2.75, 3.05) is 13.7 Å². The molecule has 1 aromatic heterocycles. The number of halogens is 1. The molecule has 1 heterocycles. The largest absolute Gasteiger partial charge is 0.497 e. The van der Waals surface area contributed by atoms with Gasteiger partial charge in [-0.3, -0.25) is 0 Å². The zero-order valence-corrected chi connectivity index (χ0v) is 22.5. The van der Waals surface area contributed by atoms with Gasteiger partial charge in [-0.1, -0.05) is 43.3 Å². The Hall–Kier alpha value is -2.62. The Balaban J connectivity index is 0.00000385. The Morgan fingerprint density at radius 2 is 1.73 bits per heavy atom. The van der Waals surface area contributed by atoms with E-state index in [0.29, 0.717) is 6.54 Å². The molecule has 0 aliphatic rings. The van der Waals surface area contributed by atoms with Crippen molar-refractivity contribution in [1.82, 2.24) is 25.4 Å². The fourth-order valence-corrected chi connectivity index (χ4v) is 3.34. The van der Waals surface area contributed by atoms with Crippen LogP contribution in [0.2, 0.25) is 0 Å². The highest BCUT2D eigenvalue weighted by molar-refractivity contribution is 14.0. The van der Waals surface area contributed by atoms with E-state index in [-0.39, 0.29) is 30.0 Å². The first-order chi connectivity index (χ1) is 15.5. The van der Waals surface area contributed by atoms with Crippen LogP contribution < -0.4 is 15.4 Å². The quantitative estimate of drug-likeness (QED) is 0.231. The van der Waals surface area contributed by atoms with E-state index in [2.05, 4.69) is 71.1 Å². The minimum atomic E-state index is 0. The van der Waals surface area contributed by atoms with Gasteiger partial charge in [0.15, 0.2) is 11.8 Å². The minimum absolute atomic E-state index is 0. The molecule has 0 amide bonds. The van der Waals surface area contributed by atoms with Crippen molar-refractivity contribution < 1.29 is 4.74 Å². The van der Waals surface area contributed by atoms with E-state index in [4.69, 9.17) is 9.73 Å². The number of benzene rings is 2. The number of aromatic nitrogens is 3. The lowest BCUT2D eigenvalue weighted by Crippen LogP contribution is -2.39. The zero-order chi connectivity index (χ0) is 22.9. The summed E-state index contributed by atoms with van der Waals surface area (Å²) in [5.41, 5.74) is 3.80. The number of rotatable bonds is 9. The Morgan fingerprint density at radius 3 is 2.30 bits per heavy atom. The number of nitrogens with zero attached hydrogens (tertiary/aromatic N) is 4. The molecule has 178 valence electrons. The third-order valence-corrected chi connectivity index (χ3v) is 5.67. The molecule has 33 heavy (non-hydrogen) atoms. The van der Waals surface area contributed by atoms with E-state index in [0.717, 1.165) is 42.7 Å². The smallest absolute Gasteiger partial charge is 0.192 e. The molecule has 0 aliphatic heterocycles. The maximum Gasteiger partial charge on any atom is 0.192 e. The monoisotopic (exact) mass is 562 g/mol. The average molecular weight is 563 g/mol. The van der Waals surface area contributed by atoms with Crippen LogP contribution in [0.25, 0.3) is 0 Å². The molecule has 0 fully saturated rings. The van der Waals surface area contributed by atoms with Crippen LogP contribution in [0.1, 0.15) is 48.2 Å². The zero-order valence-electron chi connectivity index (χ0n) is 20.1. The van der Waals surface area contributed by atoms with Gasteiger partial charge < -0.3 is 19.9 Å². The van der Waals surface area contributed by atoms with E-state index >= 15 is 0 Å². The summed E-state index contributed by atoms with van der Waals surface area (Å²) >= 11 is 0. The van der Waals surface area contributed by atoms with Crippen molar-refractivity contribution >= 4 is 29.9 Å². The summed E-state index contributed by atoms with van der Waals surface area (Å²) in [4.78, 5) is 4.78. The third-order valence-electron chi connectivity index (χ3n) is 5.67. The van der Waals surface area contributed by atoms with Crippen molar-refractivity contribution in [3.05, 3.63) is 76.9 Å². The highest BCUT2D eigenvalue weighted by atomic mass is 127. The highest BCUT2D eigenvalue weighted by Crippen LogP contribution is 2.14. The number of aryl methyl sites for hydroxylation is 2. The van der Waals surface area contributed by atoms with Gasteiger partial charge in [0, 0.05) is 13.6 Å². The van der Waals surface area contributed by atoms with Gasteiger partial charge in [-0.15, -0.1) is 34.2 Å². The van der Waals surface area contributed by atoms with Gasteiger partial charge in [0.25, 0.3) is 0 Å². The molecule has 1 unspecified atom stereocenters. The maximum atomic E-state index is 5.24. The second-order valence-electron chi connectivity index (χ2n) is 7.87. The second kappa shape index (κ2) is 13.2. The molecule has 0 saturated carbocycles. The molecule has 3 rings (SSSR count). The van der Waals surface area contributed by atoms with Crippen LogP contribution in [-0.4, -0.2) is 34.4 Å². The molecule has 3 aromatic rings. The van der Waals surface area contributed by atoms with Crippen molar-refractivity contribution in [3.8, 4) is 5.75 Å². The van der Waals surface area contributed by atoms with E-state index in [9.17, 15) is 0 Å². The molecule has 0 saturated heterocycles. The normalized spacial score (nSPS) is 12.1. The number of methoxy groups -OCH3 is 1. The lowest BCUT2D eigenvalue weighted by molar-refractivity contribution is 0.414. The van der Waals surface area contributed by atoms with Crippen LogP contribution in [0.15, 0.2) is 53.5 Å². The molecule has 0 spiro atoms. The first-order valence-corrected chi connectivity index (χ1v) is 11.1. The highest BCUT2D eigenvalue weighted by Gasteiger charge is 2.10. The van der Waals surface area contributed by atoms with Crippen molar-refractivity contribution in [3.63, 3.8) is 0 Å². The maximum absolute atomic E-state index is 5.24. The summed E-state index contributed by atoms with van der Waals surface area (Å²) in [6, 6.07) is 17.0. The van der Waals surface area contributed by atoms with Crippen molar-refractivity contribution in [1.29, 1.82) is 0 Å². The van der Waals surface area contributed by atoms with Crippen molar-refractivity contribution in [2.24, 2.45) is 12.0 Å². The SMILES string of the molecule is CCc1ccc(C(C)NC(=NCc2nnc(C)n2C)NCCc2ccc(OC)cc2)cc1.I. The van der Waals surface area contributed by atoms with Crippen LogP contribution in [0.5, 0.6) is 5.75 Å². The van der Waals surface area contributed by atoms with E-state index in [1.807, 2.05) is 30.7 Å². The Morgan fingerprint density at radius 1 is 1.06 bits per heavy atom. The average Bonchev–Trinajstić information content (AvgIpc) is 3.15. The molecule has 8 heteroatoms. The fourth-order valence-electron chi connectivity index (χ4n) is 3.34. The molecule has 1 atom stereocenters. The molecule has 2 N–H and O–H groups in total. The van der Waals surface area contributed by atoms with E-state index in [1.165, 1.54) is 16.7 Å². The molecule has 0 radical (unpaired) electrons. The predicted octanol–water partition coefficient (Wildman–Crippen LogP) is 4.35. The Bertz CT molecular complexity index is 1010. The number of aliphatic imine (C=N–C) groups is 1. The Kier molecular flexibility index (Phi) is 10.6. The van der Waals surface area contributed by atoms with Crippen LogP contribution >= 0.6 is 24.0 Å². The van der Waals surface area contributed by atoms with Gasteiger partial charge in [-0.05, 0) is 55.5 Å². The third kappa shape index (κ3) is 7.73. The molecule has 0 bridgehead atoms. The van der Waals surface area contributed by atoms with Crippen LogP contribution in [-0.2, 0) is 26.4 Å². The summed E-state index contributed by atoms with van der Waals surface area (Å²) in [7, 11) is 3.64. The van der Waals surface area contributed by atoms with Gasteiger partial charge in [0.1, 0.15) is 18.1 Å².